The first-order chi connectivity index (χ1) is 7.88. The van der Waals surface area contributed by atoms with Gasteiger partial charge in [0.15, 0.2) is 0 Å². The first-order valence-electron chi connectivity index (χ1n) is 4.75. The highest BCUT2D eigenvalue weighted by atomic mass is 16.4. The van der Waals surface area contributed by atoms with Crippen molar-refractivity contribution >= 4 is 17.9 Å². The number of hydrogen-bond donors (Lipinski definition) is 2. The number of nitrogens with zero attached hydrogens (tertiary/aromatic N) is 3. The van der Waals surface area contributed by atoms with Crippen LogP contribution in [0.15, 0.2) is 0 Å². The van der Waals surface area contributed by atoms with Gasteiger partial charge in [-0.25, -0.2) is 4.79 Å². The zero-order valence-corrected chi connectivity index (χ0v) is 9.42. The fourth-order valence-corrected chi connectivity index (χ4v) is 1.10. The van der Waals surface area contributed by atoms with Crippen LogP contribution in [0.1, 0.15) is 6.42 Å². The molecule has 8 nitrogen and oxygen atoms in total. The van der Waals surface area contributed by atoms with E-state index in [1.165, 1.54) is 7.05 Å². The lowest BCUT2D eigenvalue weighted by Crippen LogP contribution is -2.47. The molecule has 0 aliphatic heterocycles. The Balaban J connectivity index is 4.56. The molecule has 0 aliphatic carbocycles. The van der Waals surface area contributed by atoms with E-state index in [-0.39, 0.29) is 13.0 Å². The van der Waals surface area contributed by atoms with Gasteiger partial charge in [0.25, 0.3) is 0 Å². The highest BCUT2D eigenvalue weighted by Crippen LogP contribution is 1.98. The van der Waals surface area contributed by atoms with Crippen LogP contribution in [0, 0.1) is 11.3 Å². The third-order valence-corrected chi connectivity index (χ3v) is 1.83. The van der Waals surface area contributed by atoms with E-state index in [9.17, 15) is 14.4 Å². The Morgan fingerprint density at radius 1 is 1.35 bits per heavy atom. The molecule has 8 heteroatoms. The standard InChI is InChI=1S/C9H14N4O4/c1-12(4-2-3-10)9(17)13(5-7(11)14)6-8(15)16/h2,4-6H2,1H3,(H2,11,14)(H,15,16). The summed E-state index contributed by atoms with van der Waals surface area (Å²) in [6, 6.07) is 1.20. The number of amides is 3. The SMILES string of the molecule is CN(CCC#N)C(=O)N(CC(N)=O)CC(=O)O. The number of primary amides is 1. The van der Waals surface area contributed by atoms with Crippen molar-refractivity contribution < 1.29 is 19.5 Å². The summed E-state index contributed by atoms with van der Waals surface area (Å²) in [5, 5.41) is 16.9. The molecular weight excluding hydrogens is 228 g/mol. The molecule has 94 valence electrons. The van der Waals surface area contributed by atoms with Crippen LogP contribution < -0.4 is 5.73 Å². The van der Waals surface area contributed by atoms with E-state index in [0.717, 1.165) is 9.80 Å². The molecule has 0 saturated heterocycles. The van der Waals surface area contributed by atoms with Crippen molar-refractivity contribution in [1.29, 1.82) is 5.26 Å². The number of rotatable bonds is 6. The maximum atomic E-state index is 11.7. The average molecular weight is 242 g/mol. The predicted molar refractivity (Wildman–Crippen MR) is 56.7 cm³/mol. The van der Waals surface area contributed by atoms with Crippen LogP contribution >= 0.6 is 0 Å². The second-order valence-electron chi connectivity index (χ2n) is 3.33. The van der Waals surface area contributed by atoms with E-state index >= 15 is 0 Å². The van der Waals surface area contributed by atoms with Crippen molar-refractivity contribution in [1.82, 2.24) is 9.80 Å². The van der Waals surface area contributed by atoms with Crippen molar-refractivity contribution in [2.45, 2.75) is 6.42 Å². The van der Waals surface area contributed by atoms with Gasteiger partial charge in [0.05, 0.1) is 12.5 Å². The molecule has 0 aromatic rings. The molecule has 0 heterocycles. The Hall–Kier alpha value is -2.30. The van der Waals surface area contributed by atoms with E-state index < -0.39 is 31.0 Å². The molecule has 0 aliphatic rings. The predicted octanol–water partition coefficient (Wildman–Crippen LogP) is -1.18. The molecule has 17 heavy (non-hydrogen) atoms. The van der Waals surface area contributed by atoms with Crippen LogP contribution in [0.25, 0.3) is 0 Å². The smallest absolute Gasteiger partial charge is 0.323 e. The third kappa shape index (κ3) is 5.99. The number of nitriles is 1. The Morgan fingerprint density at radius 3 is 2.35 bits per heavy atom. The molecular formula is C9H14N4O4. The second kappa shape index (κ2) is 7.05. The van der Waals surface area contributed by atoms with Crippen LogP contribution in [-0.2, 0) is 9.59 Å². The van der Waals surface area contributed by atoms with Gasteiger partial charge < -0.3 is 20.6 Å². The molecule has 0 spiro atoms. The molecule has 3 N–H and O–H groups in total. The van der Waals surface area contributed by atoms with Gasteiger partial charge in [-0.2, -0.15) is 5.26 Å². The molecule has 0 rings (SSSR count). The molecule has 0 aromatic carbocycles. The summed E-state index contributed by atoms with van der Waals surface area (Å²) >= 11 is 0. The van der Waals surface area contributed by atoms with Crippen molar-refractivity contribution in [3.05, 3.63) is 0 Å². The quantitative estimate of drug-likeness (QED) is 0.606. The Bertz CT molecular complexity index is 333. The minimum atomic E-state index is -1.24. The van der Waals surface area contributed by atoms with Gasteiger partial charge in [-0.05, 0) is 0 Å². The first kappa shape index (κ1) is 14.7. The zero-order chi connectivity index (χ0) is 13.4. The maximum absolute atomic E-state index is 11.7. The summed E-state index contributed by atoms with van der Waals surface area (Å²) in [6.45, 7) is -0.926. The molecule has 0 unspecified atom stereocenters. The summed E-state index contributed by atoms with van der Waals surface area (Å²) in [7, 11) is 1.41. The molecule has 0 saturated carbocycles. The van der Waals surface area contributed by atoms with Crippen LogP contribution in [0.2, 0.25) is 0 Å². The zero-order valence-electron chi connectivity index (χ0n) is 9.42. The van der Waals surface area contributed by atoms with E-state index in [2.05, 4.69) is 0 Å². The number of carbonyl (C=O) groups excluding carboxylic acids is 2. The van der Waals surface area contributed by atoms with Crippen molar-refractivity contribution in [3.63, 3.8) is 0 Å². The summed E-state index contributed by atoms with van der Waals surface area (Å²) in [4.78, 5) is 34.9. The van der Waals surface area contributed by atoms with Crippen LogP contribution in [0.3, 0.4) is 0 Å². The fraction of sp³-hybridized carbons (Fsp3) is 0.556. The van der Waals surface area contributed by atoms with Crippen LogP contribution in [0.5, 0.6) is 0 Å². The molecule has 3 amide bonds. The molecule has 0 aromatic heterocycles. The van der Waals surface area contributed by atoms with Gasteiger partial charge >= 0.3 is 12.0 Å². The molecule has 0 atom stereocenters. The van der Waals surface area contributed by atoms with Gasteiger partial charge in [-0.1, -0.05) is 0 Å². The molecule has 0 radical (unpaired) electrons. The highest BCUT2D eigenvalue weighted by Gasteiger charge is 2.21. The lowest BCUT2D eigenvalue weighted by atomic mass is 10.4. The van der Waals surface area contributed by atoms with Gasteiger partial charge in [0.1, 0.15) is 13.1 Å². The number of urea groups is 1. The van der Waals surface area contributed by atoms with Gasteiger partial charge in [0, 0.05) is 13.6 Å². The van der Waals surface area contributed by atoms with E-state index in [1.807, 2.05) is 6.07 Å². The molecule has 0 fully saturated rings. The Labute approximate surface area is 98.2 Å². The lowest BCUT2D eigenvalue weighted by molar-refractivity contribution is -0.138. The topological polar surface area (TPSA) is 128 Å². The minimum Gasteiger partial charge on any atom is -0.480 e. The highest BCUT2D eigenvalue weighted by molar-refractivity contribution is 5.85. The number of carboxylic acids is 1. The van der Waals surface area contributed by atoms with Gasteiger partial charge in [0.2, 0.25) is 5.91 Å². The van der Waals surface area contributed by atoms with E-state index in [0.29, 0.717) is 0 Å². The summed E-state index contributed by atoms with van der Waals surface area (Å²) in [6.07, 6.45) is 0.125. The lowest BCUT2D eigenvalue weighted by Gasteiger charge is -2.25. The van der Waals surface area contributed by atoms with Crippen LogP contribution in [0.4, 0.5) is 4.79 Å². The Kier molecular flexibility index (Phi) is 6.10. The second-order valence-corrected chi connectivity index (χ2v) is 3.33. The Morgan fingerprint density at radius 2 is 1.94 bits per heavy atom. The van der Waals surface area contributed by atoms with E-state index in [1.54, 1.807) is 0 Å². The number of nitrogens with two attached hydrogens (primary N) is 1. The summed E-state index contributed by atoms with van der Waals surface area (Å²) < 4.78 is 0. The largest absolute Gasteiger partial charge is 0.480 e. The van der Waals surface area contributed by atoms with Gasteiger partial charge in [-0.15, -0.1) is 0 Å². The minimum absolute atomic E-state index is 0.125. The van der Waals surface area contributed by atoms with Crippen molar-refractivity contribution in [3.8, 4) is 6.07 Å². The van der Waals surface area contributed by atoms with Crippen molar-refractivity contribution in [2.75, 3.05) is 26.7 Å². The number of hydrogen-bond acceptors (Lipinski definition) is 4. The first-order valence-corrected chi connectivity index (χ1v) is 4.75. The number of carboxylic acid groups (broad SMARTS) is 1. The average Bonchev–Trinajstić information content (AvgIpc) is 2.22. The maximum Gasteiger partial charge on any atom is 0.323 e. The monoisotopic (exact) mass is 242 g/mol. The summed E-state index contributed by atoms with van der Waals surface area (Å²) in [5.41, 5.74) is 4.91. The third-order valence-electron chi connectivity index (χ3n) is 1.83. The number of aliphatic carboxylic acids is 1. The molecule has 0 bridgehead atoms. The normalized spacial score (nSPS) is 9.18. The summed E-state index contributed by atoms with van der Waals surface area (Å²) in [5.74, 6) is -2.04. The van der Waals surface area contributed by atoms with E-state index in [4.69, 9.17) is 16.1 Å². The fourth-order valence-electron chi connectivity index (χ4n) is 1.10. The van der Waals surface area contributed by atoms with Crippen molar-refractivity contribution in [2.24, 2.45) is 5.73 Å². The van der Waals surface area contributed by atoms with Crippen LogP contribution in [-0.4, -0.2) is 59.5 Å². The number of carbonyl (C=O) groups is 3. The van der Waals surface area contributed by atoms with Gasteiger partial charge in [-0.3, -0.25) is 9.59 Å².